The summed E-state index contributed by atoms with van der Waals surface area (Å²) in [4.78, 5) is 12.1. The second-order valence-electron chi connectivity index (χ2n) is 4.59. The van der Waals surface area contributed by atoms with E-state index in [4.69, 9.17) is 0 Å². The number of amides is 1. The zero-order chi connectivity index (χ0) is 15.3. The van der Waals surface area contributed by atoms with Crippen molar-refractivity contribution in [2.24, 2.45) is 5.92 Å². The number of hydrogen-bond acceptors (Lipinski definition) is 4. The lowest BCUT2D eigenvalue weighted by molar-refractivity contribution is -0.120. The van der Waals surface area contributed by atoms with Crippen LogP contribution in [0.4, 0.5) is 5.69 Å². The van der Waals surface area contributed by atoms with Crippen molar-refractivity contribution in [3.8, 4) is 5.75 Å². The van der Waals surface area contributed by atoms with Crippen LogP contribution in [0.25, 0.3) is 0 Å². The van der Waals surface area contributed by atoms with Crippen LogP contribution in [0.15, 0.2) is 23.1 Å². The third-order valence-electron chi connectivity index (χ3n) is 3.32. The number of phenolic OH excluding ortho intramolecular Hbond substituents is 1. The molecule has 1 aromatic rings. The highest BCUT2D eigenvalue weighted by Gasteiger charge is 2.18. The van der Waals surface area contributed by atoms with Crippen molar-refractivity contribution in [3.05, 3.63) is 18.2 Å². The molecule has 1 rings (SSSR count). The lowest BCUT2D eigenvalue weighted by atomic mass is 10.0. The van der Waals surface area contributed by atoms with Crippen LogP contribution in [0.5, 0.6) is 5.75 Å². The highest BCUT2D eigenvalue weighted by molar-refractivity contribution is 7.91. The van der Waals surface area contributed by atoms with E-state index in [9.17, 15) is 18.3 Å². The van der Waals surface area contributed by atoms with E-state index in [1.165, 1.54) is 18.2 Å². The monoisotopic (exact) mass is 299 g/mol. The average Bonchev–Trinajstić information content (AvgIpc) is 2.42. The predicted octanol–water partition coefficient (Wildman–Crippen LogP) is 2.56. The molecule has 0 bridgehead atoms. The van der Waals surface area contributed by atoms with E-state index >= 15 is 0 Å². The van der Waals surface area contributed by atoms with E-state index in [1.54, 1.807) is 6.92 Å². The normalized spacial score (nSPS) is 11.6. The predicted molar refractivity (Wildman–Crippen MR) is 78.5 cm³/mol. The van der Waals surface area contributed by atoms with Gasteiger partial charge in [-0.3, -0.25) is 4.79 Å². The van der Waals surface area contributed by atoms with Crippen molar-refractivity contribution in [1.29, 1.82) is 0 Å². The SMILES string of the molecule is CCC(CC)C(=O)Nc1cc(S(=O)(=O)CC)ccc1O. The highest BCUT2D eigenvalue weighted by atomic mass is 32.2. The number of rotatable bonds is 6. The summed E-state index contributed by atoms with van der Waals surface area (Å²) in [5.74, 6) is -0.533. The van der Waals surface area contributed by atoms with E-state index in [-0.39, 0.29) is 33.9 Å². The summed E-state index contributed by atoms with van der Waals surface area (Å²) in [5, 5.41) is 12.3. The molecule has 0 saturated heterocycles. The third-order valence-corrected chi connectivity index (χ3v) is 5.05. The molecule has 20 heavy (non-hydrogen) atoms. The van der Waals surface area contributed by atoms with Crippen molar-refractivity contribution in [3.63, 3.8) is 0 Å². The molecule has 0 fully saturated rings. The van der Waals surface area contributed by atoms with Gasteiger partial charge in [0.15, 0.2) is 9.84 Å². The number of carbonyl (C=O) groups is 1. The second kappa shape index (κ2) is 6.74. The lowest BCUT2D eigenvalue weighted by Gasteiger charge is -2.14. The van der Waals surface area contributed by atoms with Crippen LogP contribution in [0.2, 0.25) is 0 Å². The van der Waals surface area contributed by atoms with Gasteiger partial charge in [0.2, 0.25) is 5.91 Å². The summed E-state index contributed by atoms with van der Waals surface area (Å²) in [6.07, 6.45) is 1.38. The van der Waals surface area contributed by atoms with Gasteiger partial charge in [-0.1, -0.05) is 20.8 Å². The van der Waals surface area contributed by atoms with Crippen LogP contribution in [0.1, 0.15) is 33.6 Å². The standard InChI is InChI=1S/C14H21NO4S/c1-4-10(5-2)14(17)15-12-9-11(7-8-13(12)16)20(18,19)6-3/h7-10,16H,4-6H2,1-3H3,(H,15,17). The fourth-order valence-corrected chi connectivity index (χ4v) is 2.78. The quantitative estimate of drug-likeness (QED) is 0.791. The Morgan fingerprint density at radius 3 is 2.35 bits per heavy atom. The summed E-state index contributed by atoms with van der Waals surface area (Å²) >= 11 is 0. The van der Waals surface area contributed by atoms with Gasteiger partial charge in [0.1, 0.15) is 5.75 Å². The Labute approximate surface area is 119 Å². The number of nitrogens with one attached hydrogen (secondary N) is 1. The topological polar surface area (TPSA) is 83.5 Å². The molecule has 112 valence electrons. The number of carbonyl (C=O) groups excluding carboxylic acids is 1. The molecule has 0 radical (unpaired) electrons. The summed E-state index contributed by atoms with van der Waals surface area (Å²) in [7, 11) is -3.37. The molecule has 1 amide bonds. The molecular formula is C14H21NO4S. The van der Waals surface area contributed by atoms with Crippen molar-refractivity contribution in [1.82, 2.24) is 0 Å². The second-order valence-corrected chi connectivity index (χ2v) is 6.86. The zero-order valence-electron chi connectivity index (χ0n) is 12.0. The van der Waals surface area contributed by atoms with E-state index in [1.807, 2.05) is 13.8 Å². The maximum Gasteiger partial charge on any atom is 0.227 e. The molecule has 0 unspecified atom stereocenters. The Bertz CT molecular complexity index is 577. The highest BCUT2D eigenvalue weighted by Crippen LogP contribution is 2.27. The first-order valence-electron chi connectivity index (χ1n) is 6.72. The fourth-order valence-electron chi connectivity index (χ4n) is 1.87. The molecule has 0 aliphatic rings. The first kappa shape index (κ1) is 16.5. The minimum atomic E-state index is -3.37. The lowest BCUT2D eigenvalue weighted by Crippen LogP contribution is -2.21. The van der Waals surface area contributed by atoms with Gasteiger partial charge in [-0.15, -0.1) is 0 Å². The fraction of sp³-hybridized carbons (Fsp3) is 0.500. The molecular weight excluding hydrogens is 278 g/mol. The first-order chi connectivity index (χ1) is 9.35. The number of sulfone groups is 1. The summed E-state index contributed by atoms with van der Waals surface area (Å²) in [5.41, 5.74) is 0.136. The Kier molecular flexibility index (Phi) is 5.56. The van der Waals surface area contributed by atoms with E-state index in [0.29, 0.717) is 12.8 Å². The molecule has 1 aromatic carbocycles. The van der Waals surface area contributed by atoms with Gasteiger partial charge in [-0.05, 0) is 31.0 Å². The van der Waals surface area contributed by atoms with Crippen LogP contribution in [0.3, 0.4) is 0 Å². The molecule has 0 saturated carbocycles. The van der Waals surface area contributed by atoms with Crippen LogP contribution in [-0.2, 0) is 14.6 Å². The summed E-state index contributed by atoms with van der Waals surface area (Å²) < 4.78 is 23.6. The molecule has 2 N–H and O–H groups in total. The minimum absolute atomic E-state index is 0.0301. The maximum atomic E-state index is 12.0. The number of hydrogen-bond donors (Lipinski definition) is 2. The van der Waals surface area contributed by atoms with Crippen molar-refractivity contribution < 1.29 is 18.3 Å². The first-order valence-corrected chi connectivity index (χ1v) is 8.37. The van der Waals surface area contributed by atoms with Gasteiger partial charge < -0.3 is 10.4 Å². The van der Waals surface area contributed by atoms with Crippen LogP contribution in [0, 0.1) is 5.92 Å². The van der Waals surface area contributed by atoms with Crippen LogP contribution in [-0.4, -0.2) is 25.2 Å². The Morgan fingerprint density at radius 1 is 1.25 bits per heavy atom. The van der Waals surface area contributed by atoms with Gasteiger partial charge in [-0.2, -0.15) is 0 Å². The van der Waals surface area contributed by atoms with Gasteiger partial charge in [0, 0.05) is 5.92 Å². The van der Waals surface area contributed by atoms with Gasteiger partial charge >= 0.3 is 0 Å². The summed E-state index contributed by atoms with van der Waals surface area (Å²) in [6, 6.07) is 3.92. The maximum absolute atomic E-state index is 12.0. The average molecular weight is 299 g/mol. The van der Waals surface area contributed by atoms with Gasteiger partial charge in [-0.25, -0.2) is 8.42 Å². The van der Waals surface area contributed by atoms with Gasteiger partial charge in [0.05, 0.1) is 16.3 Å². The molecule has 0 spiro atoms. The largest absolute Gasteiger partial charge is 0.506 e. The number of benzene rings is 1. The van der Waals surface area contributed by atoms with Gasteiger partial charge in [0.25, 0.3) is 0 Å². The molecule has 0 heterocycles. The van der Waals surface area contributed by atoms with E-state index in [0.717, 1.165) is 0 Å². The Balaban J connectivity index is 3.07. The van der Waals surface area contributed by atoms with Crippen molar-refractivity contribution in [2.75, 3.05) is 11.1 Å². The third kappa shape index (κ3) is 3.72. The molecule has 0 aromatic heterocycles. The molecule has 5 nitrogen and oxygen atoms in total. The van der Waals surface area contributed by atoms with E-state index in [2.05, 4.69) is 5.32 Å². The molecule has 0 aliphatic carbocycles. The summed E-state index contributed by atoms with van der Waals surface area (Å²) in [6.45, 7) is 5.36. The molecule has 0 aliphatic heterocycles. The zero-order valence-corrected chi connectivity index (χ0v) is 12.8. The number of anilines is 1. The minimum Gasteiger partial charge on any atom is -0.506 e. The van der Waals surface area contributed by atoms with Crippen molar-refractivity contribution in [2.45, 2.75) is 38.5 Å². The van der Waals surface area contributed by atoms with Crippen LogP contribution >= 0.6 is 0 Å². The Morgan fingerprint density at radius 2 is 1.85 bits per heavy atom. The Hall–Kier alpha value is -1.56. The van der Waals surface area contributed by atoms with E-state index < -0.39 is 9.84 Å². The molecule has 0 atom stereocenters. The molecule has 6 heteroatoms. The smallest absolute Gasteiger partial charge is 0.227 e. The van der Waals surface area contributed by atoms with Crippen LogP contribution < -0.4 is 5.32 Å². The number of phenols is 1. The van der Waals surface area contributed by atoms with Crippen molar-refractivity contribution >= 4 is 21.4 Å². The number of aromatic hydroxyl groups is 1.